The smallest absolute Gasteiger partial charge is 0.258 e. The van der Waals surface area contributed by atoms with Crippen LogP contribution in [0.1, 0.15) is 54.7 Å². The van der Waals surface area contributed by atoms with Gasteiger partial charge in [-0.2, -0.15) is 11.8 Å². The van der Waals surface area contributed by atoms with Crippen LogP contribution in [-0.4, -0.2) is 142 Å². The van der Waals surface area contributed by atoms with E-state index in [2.05, 4.69) is 20.5 Å². The number of rotatable bonds is 17. The number of aromatic nitrogens is 1. The van der Waals surface area contributed by atoms with Crippen LogP contribution in [0.2, 0.25) is 0 Å². The van der Waals surface area contributed by atoms with Crippen LogP contribution in [0.3, 0.4) is 0 Å². The largest absolute Gasteiger partial charge is 0.495 e. The molecule has 3 heterocycles. The number of β-amino-alcohol motifs (C(OH)–C–C–N with tert-alkyl or cyclic N) is 1. The molecule has 6 rings (SSSR count). The molecule has 14 nitrogen and oxygen atoms in total. The van der Waals surface area contributed by atoms with Crippen LogP contribution in [0.5, 0.6) is 5.75 Å². The zero-order chi connectivity index (χ0) is 41.6. The molecule has 2 aliphatic heterocycles. The predicted octanol–water partition coefficient (Wildman–Crippen LogP) is 3.26. The number of thioether (sulfide) groups is 1. The van der Waals surface area contributed by atoms with Gasteiger partial charge in [-0.25, -0.2) is 9.37 Å². The van der Waals surface area contributed by atoms with Crippen LogP contribution in [-0.2, 0) is 25.7 Å². The number of halogens is 1. The molecule has 0 unspecified atom stereocenters. The number of methoxy groups -OCH3 is 1. The van der Waals surface area contributed by atoms with Crippen LogP contribution in [0.25, 0.3) is 10.4 Å². The third-order valence-corrected chi connectivity index (χ3v) is 13.3. The lowest BCUT2D eigenvalue weighted by Crippen LogP contribution is -2.61. The fourth-order valence-electron chi connectivity index (χ4n) is 7.21. The fraction of sp³-hybridized carbons (Fsp3) is 0.537. The lowest BCUT2D eigenvalue weighted by Gasteiger charge is -2.37. The second-order valence-electron chi connectivity index (χ2n) is 15.6. The number of thiazole rings is 1. The van der Waals surface area contributed by atoms with Crippen LogP contribution in [0.4, 0.5) is 10.1 Å². The third kappa shape index (κ3) is 10.5. The first-order valence-corrected chi connectivity index (χ1v) is 21.5. The van der Waals surface area contributed by atoms with Crippen LogP contribution in [0.15, 0.2) is 48.0 Å². The van der Waals surface area contributed by atoms with E-state index in [-0.39, 0.29) is 38.3 Å². The maximum Gasteiger partial charge on any atom is 0.258 e. The highest BCUT2D eigenvalue weighted by atomic mass is 32.2. The van der Waals surface area contributed by atoms with Gasteiger partial charge in [-0.3, -0.25) is 24.1 Å². The Labute approximate surface area is 347 Å². The van der Waals surface area contributed by atoms with Gasteiger partial charge in [0.15, 0.2) is 5.67 Å². The lowest BCUT2D eigenvalue weighted by atomic mass is 10.00. The Balaban J connectivity index is 0.984. The van der Waals surface area contributed by atoms with E-state index in [0.29, 0.717) is 68.7 Å². The first kappa shape index (κ1) is 43.3. The van der Waals surface area contributed by atoms with Gasteiger partial charge in [-0.15, -0.1) is 11.3 Å². The molecule has 58 heavy (non-hydrogen) atoms. The van der Waals surface area contributed by atoms with E-state index in [9.17, 15) is 28.7 Å². The van der Waals surface area contributed by atoms with Crippen LogP contribution < -0.4 is 21.1 Å². The number of benzene rings is 2. The number of alkyl halides is 1. The number of piperazine rings is 1. The number of aliphatic hydroxyl groups is 1. The fourth-order valence-corrected chi connectivity index (χ4v) is 9.07. The van der Waals surface area contributed by atoms with E-state index < -0.39 is 46.3 Å². The van der Waals surface area contributed by atoms with Gasteiger partial charge < -0.3 is 40.7 Å². The molecule has 3 fully saturated rings. The Morgan fingerprint density at radius 3 is 2.48 bits per heavy atom. The quantitative estimate of drug-likeness (QED) is 0.116. The molecule has 2 aromatic carbocycles. The van der Waals surface area contributed by atoms with Crippen molar-refractivity contribution >= 4 is 52.4 Å². The average Bonchev–Trinajstić information content (AvgIpc) is 3.63. The van der Waals surface area contributed by atoms with E-state index >= 15 is 0 Å². The molecule has 4 amide bonds. The number of nitrogens with two attached hydrogens (primary N) is 1. The molecule has 17 heteroatoms. The van der Waals surface area contributed by atoms with E-state index in [1.165, 1.54) is 23.8 Å². The lowest BCUT2D eigenvalue weighted by molar-refractivity contribution is -0.143. The molecular formula is C41H54FN7O7S2. The summed E-state index contributed by atoms with van der Waals surface area (Å²) in [4.78, 5) is 64.7. The first-order chi connectivity index (χ1) is 27.7. The number of amides is 4. The molecule has 314 valence electrons. The molecule has 1 saturated carbocycles. The predicted molar refractivity (Wildman–Crippen MR) is 222 cm³/mol. The maximum atomic E-state index is 15.0. The van der Waals surface area contributed by atoms with Gasteiger partial charge in [0.05, 0.1) is 48.2 Å². The normalized spacial score (nSPS) is 19.8. The third-order valence-electron chi connectivity index (χ3n) is 11.0. The molecule has 3 aliphatic rings. The average molecular weight is 840 g/mol. The van der Waals surface area contributed by atoms with Crippen molar-refractivity contribution in [2.75, 3.05) is 71.1 Å². The second-order valence-corrected chi connectivity index (χ2v) is 18.2. The van der Waals surface area contributed by atoms with Gasteiger partial charge in [0.2, 0.25) is 11.8 Å². The summed E-state index contributed by atoms with van der Waals surface area (Å²) >= 11 is 2.97. The molecule has 0 spiro atoms. The van der Waals surface area contributed by atoms with Crippen molar-refractivity contribution in [3.8, 4) is 16.2 Å². The number of carbonyl (C=O) groups excluding carboxylic acids is 4. The summed E-state index contributed by atoms with van der Waals surface area (Å²) in [5, 5.41) is 16.2. The number of anilines is 1. The molecule has 3 atom stereocenters. The summed E-state index contributed by atoms with van der Waals surface area (Å²) in [6, 6.07) is 10.7. The Hall–Kier alpha value is -4.29. The van der Waals surface area contributed by atoms with Crippen LogP contribution >= 0.6 is 23.1 Å². The number of hydrogen-bond acceptors (Lipinski definition) is 12. The molecule has 2 saturated heterocycles. The summed E-state index contributed by atoms with van der Waals surface area (Å²) in [7, 11) is 1.52. The highest BCUT2D eigenvalue weighted by molar-refractivity contribution is 8.00. The topological polar surface area (TPSA) is 180 Å². The SMILES string of the molecule is COc1cc(C(=O)N2CCN(CCOCCSC(C)(C)[C@H](NC(=O)C3(F)CC3)C(=O)N3C[C@H](O)C[C@H]3C(=O)NCc3ccc(-c4scnc4C)cc3)CC2)ccc1N. The summed E-state index contributed by atoms with van der Waals surface area (Å²) in [6.45, 7) is 9.77. The molecule has 0 bridgehead atoms. The van der Waals surface area contributed by atoms with Gasteiger partial charge in [-0.05, 0) is 62.9 Å². The zero-order valence-corrected chi connectivity index (χ0v) is 35.1. The molecule has 0 radical (unpaired) electrons. The highest BCUT2D eigenvalue weighted by Crippen LogP contribution is 2.41. The molecular weight excluding hydrogens is 786 g/mol. The highest BCUT2D eigenvalue weighted by Gasteiger charge is 2.54. The second kappa shape index (κ2) is 18.7. The number of aryl methyl sites for hydroxylation is 1. The van der Waals surface area contributed by atoms with Crippen molar-refractivity contribution in [1.82, 2.24) is 30.3 Å². The molecule has 1 aromatic heterocycles. The Morgan fingerprint density at radius 1 is 1.10 bits per heavy atom. The van der Waals surface area contributed by atoms with Crippen LogP contribution in [0, 0.1) is 6.92 Å². The van der Waals surface area contributed by atoms with Crippen molar-refractivity contribution in [1.29, 1.82) is 0 Å². The van der Waals surface area contributed by atoms with Gasteiger partial charge in [0.25, 0.3) is 11.8 Å². The monoisotopic (exact) mass is 839 g/mol. The van der Waals surface area contributed by atoms with Gasteiger partial charge in [0, 0.05) is 68.3 Å². The molecule has 3 aromatic rings. The summed E-state index contributed by atoms with van der Waals surface area (Å²) in [6.07, 6.45) is -0.723. The van der Waals surface area contributed by atoms with E-state index in [0.717, 1.165) is 21.7 Å². The van der Waals surface area contributed by atoms with Gasteiger partial charge in [-0.1, -0.05) is 24.3 Å². The minimum atomic E-state index is -2.01. The zero-order valence-electron chi connectivity index (χ0n) is 33.5. The van der Waals surface area contributed by atoms with Gasteiger partial charge in [0.1, 0.15) is 17.8 Å². The maximum absolute atomic E-state index is 15.0. The Bertz CT molecular complexity index is 1940. The number of nitrogens with zero attached hydrogens (tertiary/aromatic N) is 4. The molecule has 5 N–H and O–H groups in total. The minimum absolute atomic E-state index is 0.0411. The molecule has 1 aliphatic carbocycles. The minimum Gasteiger partial charge on any atom is -0.495 e. The number of nitrogen functional groups attached to an aromatic ring is 1. The van der Waals surface area contributed by atoms with E-state index in [1.807, 2.05) is 36.1 Å². The summed E-state index contributed by atoms with van der Waals surface area (Å²) < 4.78 is 25.2. The number of carbonyl (C=O) groups is 4. The standard InChI is InChI=1S/C41H54FN7O7S2/c1-26-34(57-25-45-26)28-7-5-27(6-8-28)23-44-36(51)32-22-30(50)24-49(32)38(53)35(46-39(54)41(42)11-12-41)40(2,3)58-20-19-56-18-17-47-13-15-48(16-14-47)37(52)29-9-10-31(43)33(21-29)55-4/h5-10,21,25,30,32,35,50H,11-20,22-24,43H2,1-4H3,(H,44,51)(H,46,54)/t30-,32+,35-/m1/s1. The number of likely N-dealkylation sites (tertiary alicyclic amines) is 1. The van der Waals surface area contributed by atoms with Crippen molar-refractivity contribution in [2.24, 2.45) is 0 Å². The number of ether oxygens (including phenoxy) is 2. The van der Waals surface area contributed by atoms with Crippen molar-refractivity contribution < 1.29 is 38.1 Å². The van der Waals surface area contributed by atoms with Crippen molar-refractivity contribution in [3.05, 3.63) is 64.8 Å². The Kier molecular flexibility index (Phi) is 14.0. The summed E-state index contributed by atoms with van der Waals surface area (Å²) in [5.41, 5.74) is 9.54. The first-order valence-electron chi connectivity index (χ1n) is 19.6. The number of hydrogen-bond donors (Lipinski definition) is 4. The summed E-state index contributed by atoms with van der Waals surface area (Å²) in [5.74, 6) is -0.933. The van der Waals surface area contributed by atoms with E-state index in [4.69, 9.17) is 15.2 Å². The van der Waals surface area contributed by atoms with Crippen molar-refractivity contribution in [2.45, 2.75) is 75.2 Å². The van der Waals surface area contributed by atoms with E-state index in [1.54, 1.807) is 48.9 Å². The van der Waals surface area contributed by atoms with Crippen molar-refractivity contribution in [3.63, 3.8) is 0 Å². The van der Waals surface area contributed by atoms with Gasteiger partial charge >= 0.3 is 0 Å². The number of aliphatic hydroxyl groups excluding tert-OH is 1. The Morgan fingerprint density at radius 2 is 1.83 bits per heavy atom. The number of nitrogens with one attached hydrogen (secondary N) is 2.